The minimum atomic E-state index is -0.510. The number of rotatable bonds is 4. The molecule has 0 atom stereocenters. The van der Waals surface area contributed by atoms with E-state index in [9.17, 15) is 20.4 Å². The Morgan fingerprint density at radius 1 is 0.417 bits per heavy atom. The van der Waals surface area contributed by atoms with Gasteiger partial charge in [-0.2, -0.15) is 0 Å². The first-order valence-corrected chi connectivity index (χ1v) is 16.3. The molecule has 242 valence electrons. The Kier molecular flexibility index (Phi) is 8.30. The van der Waals surface area contributed by atoms with E-state index < -0.39 is 5.41 Å². The highest BCUT2D eigenvalue weighted by Crippen LogP contribution is 2.56. The van der Waals surface area contributed by atoms with E-state index in [-0.39, 0.29) is 5.41 Å². The van der Waals surface area contributed by atoms with Gasteiger partial charge in [0.15, 0.2) is 0 Å². The fourth-order valence-corrected chi connectivity index (χ4v) is 7.06. The highest BCUT2D eigenvalue weighted by molar-refractivity contribution is 5.86. The summed E-state index contributed by atoms with van der Waals surface area (Å²) in [5.41, 5.74) is 12.2. The van der Waals surface area contributed by atoms with Crippen LogP contribution in [0.5, 0.6) is 23.0 Å². The van der Waals surface area contributed by atoms with Gasteiger partial charge in [-0.3, -0.25) is 0 Å². The molecule has 6 aromatic rings. The van der Waals surface area contributed by atoms with Crippen molar-refractivity contribution in [2.45, 2.75) is 52.4 Å². The zero-order valence-electron chi connectivity index (χ0n) is 28.3. The lowest BCUT2D eigenvalue weighted by Gasteiger charge is -2.34. The molecule has 0 fully saturated rings. The van der Waals surface area contributed by atoms with Crippen LogP contribution in [0.1, 0.15) is 69.5 Å². The SMILES string of the molecule is Cc1cc(C(C)(C)c2ccc(O)c(C)c2)ccc1O.Cc1cc(C2(c3ccc(O)c(C)c3)c3ccccc3-c3ccccc32)ccc1O. The second-order valence-electron chi connectivity index (χ2n) is 13.5. The van der Waals surface area contributed by atoms with Gasteiger partial charge in [0, 0.05) is 5.41 Å². The molecule has 0 aliphatic heterocycles. The van der Waals surface area contributed by atoms with Crippen LogP contribution >= 0.6 is 0 Å². The normalized spacial score (nSPS) is 12.9. The largest absolute Gasteiger partial charge is 0.508 e. The van der Waals surface area contributed by atoms with E-state index >= 15 is 0 Å². The van der Waals surface area contributed by atoms with Crippen molar-refractivity contribution in [1.29, 1.82) is 0 Å². The van der Waals surface area contributed by atoms with Crippen molar-refractivity contribution < 1.29 is 20.4 Å². The molecular formula is C44H42O4. The van der Waals surface area contributed by atoms with E-state index in [0.717, 1.165) is 44.5 Å². The van der Waals surface area contributed by atoms with E-state index in [4.69, 9.17) is 0 Å². The van der Waals surface area contributed by atoms with Crippen LogP contribution in [-0.2, 0) is 10.8 Å². The van der Waals surface area contributed by atoms with Crippen LogP contribution in [0.4, 0.5) is 0 Å². The fraction of sp³-hybridized carbons (Fsp3) is 0.182. The van der Waals surface area contributed by atoms with Crippen LogP contribution in [0, 0.1) is 27.7 Å². The number of hydrogen-bond acceptors (Lipinski definition) is 4. The van der Waals surface area contributed by atoms with Gasteiger partial charge in [0.2, 0.25) is 0 Å². The molecule has 4 heteroatoms. The van der Waals surface area contributed by atoms with Crippen LogP contribution in [0.2, 0.25) is 0 Å². The Bertz CT molecular complexity index is 2000. The van der Waals surface area contributed by atoms with Crippen LogP contribution in [0.3, 0.4) is 0 Å². The Balaban J connectivity index is 0.000000184. The van der Waals surface area contributed by atoms with E-state index in [1.54, 1.807) is 24.3 Å². The first-order valence-electron chi connectivity index (χ1n) is 16.3. The summed E-state index contributed by atoms with van der Waals surface area (Å²) in [6, 6.07) is 40.2. The Labute approximate surface area is 283 Å². The molecule has 0 aromatic heterocycles. The highest BCUT2D eigenvalue weighted by atomic mass is 16.3. The van der Waals surface area contributed by atoms with Gasteiger partial charge >= 0.3 is 0 Å². The van der Waals surface area contributed by atoms with Crippen molar-refractivity contribution in [2.24, 2.45) is 0 Å². The number of phenols is 4. The lowest BCUT2D eigenvalue weighted by Crippen LogP contribution is -2.28. The van der Waals surface area contributed by atoms with Crippen molar-refractivity contribution in [1.82, 2.24) is 0 Å². The zero-order valence-corrected chi connectivity index (χ0v) is 28.3. The lowest BCUT2D eigenvalue weighted by molar-refractivity contribution is 0.469. The summed E-state index contributed by atoms with van der Waals surface area (Å²) in [7, 11) is 0. The predicted molar refractivity (Wildman–Crippen MR) is 194 cm³/mol. The van der Waals surface area contributed by atoms with Crippen molar-refractivity contribution in [2.75, 3.05) is 0 Å². The molecule has 0 saturated heterocycles. The van der Waals surface area contributed by atoms with Gasteiger partial charge in [-0.15, -0.1) is 0 Å². The maximum Gasteiger partial charge on any atom is 0.118 e. The first kappa shape index (κ1) is 32.5. The van der Waals surface area contributed by atoms with E-state index in [1.807, 2.05) is 64.1 Å². The topological polar surface area (TPSA) is 80.9 Å². The van der Waals surface area contributed by atoms with Gasteiger partial charge in [-0.05, 0) is 119 Å². The Morgan fingerprint density at radius 2 is 0.750 bits per heavy atom. The number of hydrogen-bond donors (Lipinski definition) is 4. The molecule has 0 unspecified atom stereocenters. The minimum absolute atomic E-state index is 0.170. The molecule has 0 heterocycles. The predicted octanol–water partition coefficient (Wildman–Crippen LogP) is 10.1. The van der Waals surface area contributed by atoms with Crippen molar-refractivity contribution in [3.63, 3.8) is 0 Å². The third-order valence-electron chi connectivity index (χ3n) is 10.0. The maximum absolute atomic E-state index is 10.2. The number of fused-ring (bicyclic) bond motifs is 3. The third-order valence-corrected chi connectivity index (χ3v) is 10.0. The van der Waals surface area contributed by atoms with Gasteiger partial charge < -0.3 is 20.4 Å². The Morgan fingerprint density at radius 3 is 1.10 bits per heavy atom. The van der Waals surface area contributed by atoms with Crippen LogP contribution in [0.25, 0.3) is 11.1 Å². The Hall–Kier alpha value is -5.48. The summed E-state index contributed by atoms with van der Waals surface area (Å²) < 4.78 is 0. The molecule has 48 heavy (non-hydrogen) atoms. The van der Waals surface area contributed by atoms with Crippen LogP contribution in [-0.4, -0.2) is 20.4 Å². The quantitative estimate of drug-likeness (QED) is 0.155. The van der Waals surface area contributed by atoms with E-state index in [1.165, 1.54) is 22.3 Å². The smallest absolute Gasteiger partial charge is 0.118 e. The molecule has 1 aliphatic rings. The van der Waals surface area contributed by atoms with Gasteiger partial charge in [-0.25, -0.2) is 0 Å². The van der Waals surface area contributed by atoms with Gasteiger partial charge in [-0.1, -0.05) is 111 Å². The molecule has 0 amide bonds. The summed E-state index contributed by atoms with van der Waals surface area (Å²) in [6.07, 6.45) is 0. The maximum atomic E-state index is 10.2. The monoisotopic (exact) mass is 634 g/mol. The summed E-state index contributed by atoms with van der Waals surface area (Å²) in [6.45, 7) is 12.0. The van der Waals surface area contributed by atoms with Crippen LogP contribution in [0.15, 0.2) is 121 Å². The number of benzene rings is 6. The molecule has 1 aliphatic carbocycles. The second-order valence-corrected chi connectivity index (χ2v) is 13.5. The summed E-state index contributed by atoms with van der Waals surface area (Å²) in [4.78, 5) is 0. The molecular weight excluding hydrogens is 592 g/mol. The number of phenolic OH excluding ortho intramolecular Hbond substituents is 4. The number of aryl methyl sites for hydroxylation is 4. The van der Waals surface area contributed by atoms with Gasteiger partial charge in [0.05, 0.1) is 5.41 Å². The second kappa shape index (κ2) is 12.3. The first-order chi connectivity index (χ1) is 22.8. The molecule has 4 N–H and O–H groups in total. The average molecular weight is 635 g/mol. The molecule has 0 saturated carbocycles. The average Bonchev–Trinajstić information content (AvgIpc) is 3.37. The molecule has 0 spiro atoms. The third kappa shape index (κ3) is 5.37. The minimum Gasteiger partial charge on any atom is -0.508 e. The molecule has 6 aromatic carbocycles. The van der Waals surface area contributed by atoms with E-state index in [0.29, 0.717) is 23.0 Å². The van der Waals surface area contributed by atoms with E-state index in [2.05, 4.69) is 74.5 Å². The van der Waals surface area contributed by atoms with Crippen molar-refractivity contribution >= 4 is 0 Å². The number of aromatic hydroxyl groups is 4. The highest BCUT2D eigenvalue weighted by Gasteiger charge is 2.46. The van der Waals surface area contributed by atoms with Crippen LogP contribution < -0.4 is 0 Å². The van der Waals surface area contributed by atoms with Gasteiger partial charge in [0.1, 0.15) is 23.0 Å². The van der Waals surface area contributed by atoms with Crippen molar-refractivity contribution in [3.05, 3.63) is 177 Å². The molecule has 0 bridgehead atoms. The van der Waals surface area contributed by atoms with Crippen molar-refractivity contribution in [3.8, 4) is 34.1 Å². The molecule has 4 nitrogen and oxygen atoms in total. The summed E-state index contributed by atoms with van der Waals surface area (Å²) >= 11 is 0. The van der Waals surface area contributed by atoms with Gasteiger partial charge in [0.25, 0.3) is 0 Å². The molecule has 0 radical (unpaired) electrons. The molecule has 7 rings (SSSR count). The summed E-state index contributed by atoms with van der Waals surface area (Å²) in [5, 5.41) is 39.6. The lowest BCUT2D eigenvalue weighted by atomic mass is 9.67. The zero-order chi connectivity index (χ0) is 34.4. The standard InChI is InChI=1S/C27H22O2.C17H20O2/c1-17-15-19(11-13-25(17)28)27(20-12-14-26(29)18(2)16-20)23-9-5-3-7-21(23)22-8-4-6-10-24(22)27;1-11-9-13(5-7-15(11)18)17(3,4)14-6-8-16(19)12(2)10-14/h3-16,28-29H,1-2H3;5-10,18-19H,1-4H3. The fourth-order valence-electron chi connectivity index (χ4n) is 7.06. The summed E-state index contributed by atoms with van der Waals surface area (Å²) in [5.74, 6) is 1.23.